The van der Waals surface area contributed by atoms with Crippen molar-refractivity contribution in [3.05, 3.63) is 46.9 Å². The molecule has 3 rings (SSSR count). The van der Waals surface area contributed by atoms with Gasteiger partial charge in [0.2, 0.25) is 0 Å². The molecule has 1 saturated heterocycles. The van der Waals surface area contributed by atoms with E-state index < -0.39 is 0 Å². The first-order chi connectivity index (χ1) is 8.68. The van der Waals surface area contributed by atoms with E-state index in [1.54, 1.807) is 6.20 Å². The number of thioether (sulfide) groups is 1. The molecule has 3 nitrogen and oxygen atoms in total. The summed E-state index contributed by atoms with van der Waals surface area (Å²) in [4.78, 5) is 18.3. The predicted octanol–water partition coefficient (Wildman–Crippen LogP) is 2.67. The Morgan fingerprint density at radius 3 is 3.00 bits per heavy atom. The van der Waals surface area contributed by atoms with Crippen LogP contribution in [0.25, 0.3) is 6.08 Å². The Morgan fingerprint density at radius 2 is 2.28 bits per heavy atom. The van der Waals surface area contributed by atoms with Gasteiger partial charge in [-0.3, -0.25) is 14.7 Å². The average molecular weight is 258 g/mol. The van der Waals surface area contributed by atoms with Crippen LogP contribution in [0.4, 0.5) is 0 Å². The molecular weight excluding hydrogens is 244 g/mol. The molecule has 2 aliphatic heterocycles. The maximum absolute atomic E-state index is 12.1. The fourth-order valence-electron chi connectivity index (χ4n) is 2.18. The maximum atomic E-state index is 12.1. The molecule has 4 heteroatoms. The zero-order chi connectivity index (χ0) is 12.7. The normalized spacial score (nSPS) is 25.2. The highest BCUT2D eigenvalue weighted by molar-refractivity contribution is 8.00. The highest BCUT2D eigenvalue weighted by atomic mass is 32.2. The highest BCUT2D eigenvalue weighted by Gasteiger charge is 2.45. The fourth-order valence-corrected chi connectivity index (χ4v) is 3.55. The molecule has 0 aromatic carbocycles. The minimum absolute atomic E-state index is 0.120. The lowest BCUT2D eigenvalue weighted by atomic mass is 10.0. The summed E-state index contributed by atoms with van der Waals surface area (Å²) in [5.41, 5.74) is 4.12. The number of amides is 1. The van der Waals surface area contributed by atoms with Crippen molar-refractivity contribution in [2.75, 3.05) is 5.75 Å². The summed E-state index contributed by atoms with van der Waals surface area (Å²) in [7, 11) is 0. The van der Waals surface area contributed by atoms with Gasteiger partial charge in [-0.25, -0.2) is 0 Å². The molecule has 1 atom stereocenters. The molecule has 1 aromatic rings. The lowest BCUT2D eigenvalue weighted by Crippen LogP contribution is -2.54. The molecule has 0 bridgehead atoms. The monoisotopic (exact) mass is 258 g/mol. The van der Waals surface area contributed by atoms with Gasteiger partial charge in [-0.1, -0.05) is 6.07 Å². The van der Waals surface area contributed by atoms with Crippen LogP contribution in [0.2, 0.25) is 0 Å². The molecule has 2 aliphatic rings. The molecular formula is C14H14N2OS. The molecule has 3 heterocycles. The molecule has 0 N–H and O–H groups in total. The number of aromatic nitrogens is 1. The summed E-state index contributed by atoms with van der Waals surface area (Å²) in [5.74, 6) is 1.12. The number of fused-ring (bicyclic) bond motifs is 1. The zero-order valence-electron chi connectivity index (χ0n) is 10.4. The highest BCUT2D eigenvalue weighted by Crippen LogP contribution is 2.43. The third-order valence-corrected chi connectivity index (χ3v) is 4.77. The third kappa shape index (κ3) is 1.68. The Kier molecular flexibility index (Phi) is 2.74. The summed E-state index contributed by atoms with van der Waals surface area (Å²) in [6.07, 6.45) is 3.65. The topological polar surface area (TPSA) is 33.2 Å². The van der Waals surface area contributed by atoms with Crippen LogP contribution in [0, 0.1) is 0 Å². The van der Waals surface area contributed by atoms with Crippen molar-refractivity contribution in [3.8, 4) is 0 Å². The van der Waals surface area contributed by atoms with Crippen LogP contribution in [0.15, 0.2) is 41.2 Å². The molecule has 1 amide bonds. The minimum atomic E-state index is 0.120. The second kappa shape index (κ2) is 4.28. The molecule has 92 valence electrons. The first-order valence-electron chi connectivity index (χ1n) is 5.92. The summed E-state index contributed by atoms with van der Waals surface area (Å²) >= 11 is 1.81. The van der Waals surface area contributed by atoms with Crippen molar-refractivity contribution in [3.63, 3.8) is 0 Å². The van der Waals surface area contributed by atoms with Gasteiger partial charge in [0.15, 0.2) is 0 Å². The molecule has 1 unspecified atom stereocenters. The summed E-state index contributed by atoms with van der Waals surface area (Å²) in [6, 6.07) is 5.73. The Balaban J connectivity index is 1.91. The number of carbonyl (C=O) groups is 1. The molecule has 0 aliphatic carbocycles. The molecule has 0 spiro atoms. The summed E-state index contributed by atoms with van der Waals surface area (Å²) in [6.45, 7) is 4.11. The van der Waals surface area contributed by atoms with Crippen LogP contribution in [0.3, 0.4) is 0 Å². The fraction of sp³-hybridized carbons (Fsp3) is 0.286. The van der Waals surface area contributed by atoms with Crippen molar-refractivity contribution >= 4 is 23.7 Å². The Morgan fingerprint density at radius 1 is 1.44 bits per heavy atom. The van der Waals surface area contributed by atoms with Crippen LogP contribution in [0.5, 0.6) is 0 Å². The van der Waals surface area contributed by atoms with Gasteiger partial charge in [-0.2, -0.15) is 0 Å². The zero-order valence-corrected chi connectivity index (χ0v) is 11.2. The van der Waals surface area contributed by atoms with Crippen LogP contribution in [0.1, 0.15) is 19.5 Å². The maximum Gasteiger partial charge on any atom is 0.258 e. The van der Waals surface area contributed by atoms with Crippen LogP contribution in [-0.4, -0.2) is 26.9 Å². The van der Waals surface area contributed by atoms with Gasteiger partial charge in [0.1, 0.15) is 5.37 Å². The van der Waals surface area contributed by atoms with Gasteiger partial charge in [0.25, 0.3) is 5.91 Å². The van der Waals surface area contributed by atoms with E-state index >= 15 is 0 Å². The van der Waals surface area contributed by atoms with E-state index in [0.717, 1.165) is 22.7 Å². The van der Waals surface area contributed by atoms with Gasteiger partial charge < -0.3 is 0 Å². The van der Waals surface area contributed by atoms with Gasteiger partial charge in [-0.15, -0.1) is 11.8 Å². The largest absolute Gasteiger partial charge is 0.296 e. The van der Waals surface area contributed by atoms with Crippen LogP contribution < -0.4 is 0 Å². The molecule has 0 radical (unpaired) electrons. The lowest BCUT2D eigenvalue weighted by molar-refractivity contribution is -0.131. The van der Waals surface area contributed by atoms with Gasteiger partial charge in [0, 0.05) is 17.6 Å². The van der Waals surface area contributed by atoms with Gasteiger partial charge in [0.05, 0.1) is 11.3 Å². The Bertz CT molecular complexity index is 562. The van der Waals surface area contributed by atoms with Crippen molar-refractivity contribution in [2.45, 2.75) is 19.2 Å². The van der Waals surface area contributed by atoms with Crippen molar-refractivity contribution in [1.82, 2.24) is 9.88 Å². The van der Waals surface area contributed by atoms with E-state index in [-0.39, 0.29) is 11.3 Å². The number of hydrogen-bond acceptors (Lipinski definition) is 3. The Hall–Kier alpha value is -1.55. The van der Waals surface area contributed by atoms with Gasteiger partial charge in [-0.05, 0) is 37.6 Å². The smallest absolute Gasteiger partial charge is 0.258 e. The SMILES string of the molecule is CC1=C(C)N2C(=O)/C(=C/c3ccccn3)C2SC1. The number of allylic oxidation sites excluding steroid dienone is 1. The average Bonchev–Trinajstić information content (AvgIpc) is 2.40. The second-order valence-electron chi connectivity index (χ2n) is 4.56. The number of carbonyl (C=O) groups excluding carboxylic acids is 1. The van der Waals surface area contributed by atoms with Crippen molar-refractivity contribution < 1.29 is 4.79 Å². The molecule has 0 saturated carbocycles. The summed E-state index contributed by atoms with van der Waals surface area (Å²) < 4.78 is 0. The van der Waals surface area contributed by atoms with Crippen molar-refractivity contribution in [2.24, 2.45) is 0 Å². The van der Waals surface area contributed by atoms with E-state index in [4.69, 9.17) is 0 Å². The number of hydrogen-bond donors (Lipinski definition) is 0. The van der Waals surface area contributed by atoms with Crippen LogP contribution in [-0.2, 0) is 4.79 Å². The number of nitrogens with zero attached hydrogens (tertiary/aromatic N) is 2. The second-order valence-corrected chi connectivity index (χ2v) is 5.63. The molecule has 1 fully saturated rings. The quantitative estimate of drug-likeness (QED) is 0.573. The summed E-state index contributed by atoms with van der Waals surface area (Å²) in [5, 5.41) is 0.184. The number of β-lactam (4-membered cyclic amide) rings is 1. The predicted molar refractivity (Wildman–Crippen MR) is 73.7 cm³/mol. The van der Waals surface area contributed by atoms with Gasteiger partial charge >= 0.3 is 0 Å². The van der Waals surface area contributed by atoms with E-state index in [2.05, 4.69) is 11.9 Å². The van der Waals surface area contributed by atoms with E-state index in [9.17, 15) is 4.79 Å². The van der Waals surface area contributed by atoms with Crippen molar-refractivity contribution in [1.29, 1.82) is 0 Å². The third-order valence-electron chi connectivity index (χ3n) is 3.39. The first-order valence-corrected chi connectivity index (χ1v) is 6.97. The minimum Gasteiger partial charge on any atom is -0.296 e. The first kappa shape index (κ1) is 11.5. The van der Waals surface area contributed by atoms with Crippen LogP contribution >= 0.6 is 11.8 Å². The van der Waals surface area contributed by atoms with E-state index in [1.165, 1.54) is 5.57 Å². The molecule has 18 heavy (non-hydrogen) atoms. The lowest BCUT2D eigenvalue weighted by Gasteiger charge is -2.46. The van der Waals surface area contributed by atoms with E-state index in [0.29, 0.717) is 0 Å². The Labute approximate surface area is 111 Å². The molecule has 1 aromatic heterocycles. The number of pyridine rings is 1. The van der Waals surface area contributed by atoms with E-state index in [1.807, 2.05) is 47.9 Å². The number of rotatable bonds is 1. The standard InChI is InChI=1S/C14H14N2OS/c1-9-8-18-14-12(13(17)16(14)10(9)2)7-11-5-3-4-6-15-11/h3-7,14H,8H2,1-2H3/b12-7-.